The Kier molecular flexibility index (Phi) is 13.7. The Morgan fingerprint density at radius 1 is 0.818 bits per heavy atom. The molecule has 0 aromatic carbocycles. The molecule has 0 aliphatic carbocycles. The van der Waals surface area contributed by atoms with Gasteiger partial charge in [0.25, 0.3) is 0 Å². The number of amides is 3. The van der Waals surface area contributed by atoms with Crippen LogP contribution in [0.5, 0.6) is 0 Å². The third-order valence-electron chi connectivity index (χ3n) is 4.71. The van der Waals surface area contributed by atoms with E-state index >= 15 is 0 Å². The molecule has 0 aromatic heterocycles. The molecule has 190 valence electrons. The maximum absolute atomic E-state index is 12.8. The molecule has 10 N–H and O–H groups in total. The molecule has 0 bridgehead atoms. The number of carboxylic acid groups (broad SMARTS) is 1. The lowest BCUT2D eigenvalue weighted by molar-refractivity contribution is -0.142. The van der Waals surface area contributed by atoms with E-state index in [0.29, 0.717) is 12.8 Å². The van der Waals surface area contributed by atoms with E-state index in [0.717, 1.165) is 0 Å². The topological polar surface area (TPSA) is 215 Å². The van der Waals surface area contributed by atoms with E-state index < -0.39 is 47.9 Å². The van der Waals surface area contributed by atoms with Crippen LogP contribution >= 0.6 is 0 Å². The van der Waals surface area contributed by atoms with Crippen LogP contribution in [-0.2, 0) is 19.2 Å². The molecule has 12 nitrogen and oxygen atoms in total. The molecule has 0 rings (SSSR count). The summed E-state index contributed by atoms with van der Waals surface area (Å²) in [5.74, 6) is -2.73. The number of guanidine groups is 1. The number of carbonyl (C=O) groups is 4. The molecule has 0 saturated carbocycles. The fourth-order valence-corrected chi connectivity index (χ4v) is 3.04. The lowest BCUT2D eigenvalue weighted by atomic mass is 10.0. The highest BCUT2D eigenvalue weighted by atomic mass is 16.4. The largest absolute Gasteiger partial charge is 0.480 e. The normalized spacial score (nSPS) is 14.7. The van der Waals surface area contributed by atoms with Crippen molar-refractivity contribution in [2.75, 3.05) is 6.54 Å². The Labute approximate surface area is 195 Å². The van der Waals surface area contributed by atoms with E-state index in [4.69, 9.17) is 17.2 Å². The first-order valence-electron chi connectivity index (χ1n) is 11.2. The van der Waals surface area contributed by atoms with Crippen molar-refractivity contribution < 1.29 is 24.3 Å². The molecule has 4 atom stereocenters. The van der Waals surface area contributed by atoms with Crippen molar-refractivity contribution in [3.63, 3.8) is 0 Å². The summed E-state index contributed by atoms with van der Waals surface area (Å²) in [6, 6.07) is -3.84. The van der Waals surface area contributed by atoms with Gasteiger partial charge in [-0.2, -0.15) is 0 Å². The molecule has 4 unspecified atom stereocenters. The maximum atomic E-state index is 12.8. The van der Waals surface area contributed by atoms with Gasteiger partial charge in [-0.15, -0.1) is 0 Å². The Balaban J connectivity index is 5.24. The zero-order valence-electron chi connectivity index (χ0n) is 20.3. The third-order valence-corrected chi connectivity index (χ3v) is 4.71. The molecule has 0 heterocycles. The van der Waals surface area contributed by atoms with Crippen LogP contribution in [0.1, 0.15) is 60.3 Å². The van der Waals surface area contributed by atoms with Gasteiger partial charge >= 0.3 is 5.97 Å². The average molecular weight is 472 g/mol. The summed E-state index contributed by atoms with van der Waals surface area (Å²) in [7, 11) is 0. The van der Waals surface area contributed by atoms with Gasteiger partial charge in [0.2, 0.25) is 17.7 Å². The van der Waals surface area contributed by atoms with Crippen LogP contribution in [0, 0.1) is 11.8 Å². The highest BCUT2D eigenvalue weighted by molar-refractivity contribution is 5.93. The second-order valence-electron chi connectivity index (χ2n) is 9.01. The summed E-state index contributed by atoms with van der Waals surface area (Å²) in [6.07, 6.45) is 1.21. The molecule has 0 radical (unpaired) electrons. The van der Waals surface area contributed by atoms with Gasteiger partial charge in [0.1, 0.15) is 18.1 Å². The van der Waals surface area contributed by atoms with Crippen LogP contribution in [-0.4, -0.2) is 65.5 Å². The molecule has 3 amide bonds. The fraction of sp³-hybridized carbons (Fsp3) is 0.762. The number of aliphatic carboxylic acids is 1. The van der Waals surface area contributed by atoms with Crippen LogP contribution < -0.4 is 33.2 Å². The van der Waals surface area contributed by atoms with Crippen LogP contribution in [0.4, 0.5) is 0 Å². The molecular formula is C21H41N7O5. The molecule has 0 fully saturated rings. The lowest BCUT2D eigenvalue weighted by Gasteiger charge is -2.24. The van der Waals surface area contributed by atoms with Crippen molar-refractivity contribution in [2.45, 2.75) is 84.5 Å². The highest BCUT2D eigenvalue weighted by Gasteiger charge is 2.29. The number of carbonyl (C=O) groups excluding carboxylic acids is 3. The molecule has 33 heavy (non-hydrogen) atoms. The van der Waals surface area contributed by atoms with Gasteiger partial charge in [-0.1, -0.05) is 27.7 Å². The highest BCUT2D eigenvalue weighted by Crippen LogP contribution is 2.07. The quantitative estimate of drug-likeness (QED) is 0.0892. The molecule has 0 saturated heterocycles. The van der Waals surface area contributed by atoms with Gasteiger partial charge in [-0.05, 0) is 44.4 Å². The molecule has 0 aliphatic heterocycles. The minimum absolute atomic E-state index is 0.0339. The van der Waals surface area contributed by atoms with Crippen molar-refractivity contribution in [3.8, 4) is 0 Å². The van der Waals surface area contributed by atoms with Crippen molar-refractivity contribution in [1.82, 2.24) is 16.0 Å². The average Bonchev–Trinajstić information content (AvgIpc) is 2.68. The van der Waals surface area contributed by atoms with Gasteiger partial charge in [0.15, 0.2) is 5.96 Å². The first-order chi connectivity index (χ1) is 15.2. The van der Waals surface area contributed by atoms with E-state index in [9.17, 15) is 24.3 Å². The minimum atomic E-state index is -1.16. The number of hydrogen-bond acceptors (Lipinski definition) is 6. The Bertz CT molecular complexity index is 692. The molecule has 0 aliphatic rings. The van der Waals surface area contributed by atoms with Gasteiger partial charge in [0, 0.05) is 6.54 Å². The number of aliphatic imine (C=N–C) groups is 1. The van der Waals surface area contributed by atoms with Crippen LogP contribution in [0.15, 0.2) is 4.99 Å². The van der Waals surface area contributed by atoms with Crippen LogP contribution in [0.2, 0.25) is 0 Å². The lowest BCUT2D eigenvalue weighted by Crippen LogP contribution is -2.56. The molecule has 12 heteroatoms. The molecule has 0 spiro atoms. The SMILES string of the molecule is CC(C)CC(N)C(=O)NC(C)C(=O)NC(CCCN=C(N)N)C(=O)NC(CC(C)C)C(=O)O. The predicted octanol–water partition coefficient (Wildman–Crippen LogP) is -0.982. The number of nitrogens with zero attached hydrogens (tertiary/aromatic N) is 1. The smallest absolute Gasteiger partial charge is 0.326 e. The summed E-state index contributed by atoms with van der Waals surface area (Å²) in [6.45, 7) is 9.24. The number of hydrogen-bond donors (Lipinski definition) is 7. The number of carboxylic acids is 1. The zero-order valence-corrected chi connectivity index (χ0v) is 20.3. The predicted molar refractivity (Wildman–Crippen MR) is 126 cm³/mol. The van der Waals surface area contributed by atoms with Crippen molar-refractivity contribution >= 4 is 29.7 Å². The number of rotatable bonds is 15. The second kappa shape index (κ2) is 15.0. The second-order valence-corrected chi connectivity index (χ2v) is 9.01. The van der Waals surface area contributed by atoms with E-state index in [-0.39, 0.29) is 37.2 Å². The van der Waals surface area contributed by atoms with Gasteiger partial charge in [0.05, 0.1) is 6.04 Å². The van der Waals surface area contributed by atoms with Gasteiger partial charge < -0.3 is 38.3 Å². The number of nitrogens with two attached hydrogens (primary N) is 3. The van der Waals surface area contributed by atoms with Crippen molar-refractivity contribution in [1.29, 1.82) is 0 Å². The van der Waals surface area contributed by atoms with Gasteiger partial charge in [-0.25, -0.2) is 4.79 Å². The Morgan fingerprint density at radius 2 is 1.36 bits per heavy atom. The summed E-state index contributed by atoms with van der Waals surface area (Å²) in [4.78, 5) is 53.0. The molecular weight excluding hydrogens is 430 g/mol. The zero-order chi connectivity index (χ0) is 25.7. The standard InChI is InChI=1S/C21H41N7O5/c1-11(2)9-14(22)18(30)26-13(5)17(29)27-15(7-6-8-25-21(23)24)19(31)28-16(20(32)33)10-12(3)4/h11-16H,6-10,22H2,1-5H3,(H,26,30)(H,27,29)(H,28,31)(H,32,33)(H4,23,24,25). The van der Waals surface area contributed by atoms with E-state index in [1.54, 1.807) is 0 Å². The summed E-state index contributed by atoms with van der Waals surface area (Å²) in [5.41, 5.74) is 16.4. The fourth-order valence-electron chi connectivity index (χ4n) is 3.04. The molecule has 0 aromatic rings. The van der Waals surface area contributed by atoms with E-state index in [1.807, 2.05) is 27.7 Å². The minimum Gasteiger partial charge on any atom is -0.480 e. The Hall–Kier alpha value is -2.89. The summed E-state index contributed by atoms with van der Waals surface area (Å²) >= 11 is 0. The third kappa shape index (κ3) is 13.3. The first-order valence-corrected chi connectivity index (χ1v) is 11.2. The van der Waals surface area contributed by atoms with E-state index in [1.165, 1.54) is 6.92 Å². The monoisotopic (exact) mass is 471 g/mol. The van der Waals surface area contributed by atoms with Crippen LogP contribution in [0.25, 0.3) is 0 Å². The van der Waals surface area contributed by atoms with Crippen molar-refractivity contribution in [3.05, 3.63) is 0 Å². The van der Waals surface area contributed by atoms with E-state index in [2.05, 4.69) is 20.9 Å². The van der Waals surface area contributed by atoms with Gasteiger partial charge in [-0.3, -0.25) is 19.4 Å². The van der Waals surface area contributed by atoms with Crippen molar-refractivity contribution in [2.24, 2.45) is 34.0 Å². The summed E-state index contributed by atoms with van der Waals surface area (Å²) < 4.78 is 0. The Morgan fingerprint density at radius 3 is 1.85 bits per heavy atom. The maximum Gasteiger partial charge on any atom is 0.326 e. The first kappa shape index (κ1) is 30.1. The van der Waals surface area contributed by atoms with Crippen LogP contribution in [0.3, 0.4) is 0 Å². The summed E-state index contributed by atoms with van der Waals surface area (Å²) in [5, 5.41) is 17.0. The number of nitrogens with one attached hydrogen (secondary N) is 3.